The van der Waals surface area contributed by atoms with Gasteiger partial charge >= 0.3 is 0 Å². The van der Waals surface area contributed by atoms with Crippen LogP contribution < -0.4 is 14.8 Å². The Hall–Kier alpha value is -2.27. The summed E-state index contributed by atoms with van der Waals surface area (Å²) in [5, 5.41) is 3.02. The van der Waals surface area contributed by atoms with Gasteiger partial charge in [-0.3, -0.25) is 9.78 Å². The summed E-state index contributed by atoms with van der Waals surface area (Å²) in [7, 11) is 3.07. The molecule has 0 bridgehead atoms. The highest BCUT2D eigenvalue weighted by Gasteiger charge is 2.13. The predicted octanol–water partition coefficient (Wildman–Crippen LogP) is 3.00. The summed E-state index contributed by atoms with van der Waals surface area (Å²) < 4.78 is 10.3. The van der Waals surface area contributed by atoms with E-state index in [4.69, 9.17) is 21.1 Å². The molecule has 0 atom stereocenters. The van der Waals surface area contributed by atoms with Crippen molar-refractivity contribution in [3.8, 4) is 11.5 Å². The van der Waals surface area contributed by atoms with Gasteiger partial charge in [-0.25, -0.2) is 0 Å². The van der Waals surface area contributed by atoms with E-state index < -0.39 is 0 Å². The van der Waals surface area contributed by atoms with Gasteiger partial charge < -0.3 is 14.8 Å². The molecule has 1 amide bonds. The van der Waals surface area contributed by atoms with E-state index in [0.717, 1.165) is 0 Å². The van der Waals surface area contributed by atoms with Crippen molar-refractivity contribution in [1.82, 2.24) is 4.98 Å². The van der Waals surface area contributed by atoms with E-state index in [1.54, 1.807) is 31.4 Å². The number of anilines is 1. The number of amides is 1. The zero-order valence-electron chi connectivity index (χ0n) is 11.0. The van der Waals surface area contributed by atoms with E-state index in [1.165, 1.54) is 19.5 Å². The molecule has 0 aliphatic carbocycles. The number of pyridine rings is 1. The van der Waals surface area contributed by atoms with E-state index in [0.29, 0.717) is 22.7 Å². The Bertz CT molecular complexity index is 632. The molecule has 1 aromatic carbocycles. The lowest BCUT2D eigenvalue weighted by Crippen LogP contribution is -2.13. The normalized spacial score (nSPS) is 9.95. The molecule has 0 radical (unpaired) electrons. The molecule has 0 spiro atoms. The van der Waals surface area contributed by atoms with Gasteiger partial charge in [0.05, 0.1) is 30.5 Å². The molecule has 1 aromatic heterocycles. The molecule has 0 unspecified atom stereocenters. The number of carbonyl (C=O) groups excluding carboxylic acids is 1. The summed E-state index contributed by atoms with van der Waals surface area (Å²) in [6, 6.07) is 6.67. The number of carbonyl (C=O) groups is 1. The summed E-state index contributed by atoms with van der Waals surface area (Å²) in [6.07, 6.45) is 2.92. The zero-order chi connectivity index (χ0) is 14.5. The van der Waals surface area contributed by atoms with Crippen LogP contribution in [0.25, 0.3) is 0 Å². The lowest BCUT2D eigenvalue weighted by atomic mass is 10.2. The number of hydrogen-bond acceptors (Lipinski definition) is 4. The fourth-order valence-electron chi connectivity index (χ4n) is 1.66. The molecular formula is C14H13ClN2O3. The van der Waals surface area contributed by atoms with Gasteiger partial charge in [0.2, 0.25) is 0 Å². The van der Waals surface area contributed by atoms with E-state index in [9.17, 15) is 4.79 Å². The molecule has 0 fully saturated rings. The van der Waals surface area contributed by atoms with Gasteiger partial charge in [0.15, 0.2) is 0 Å². The molecule has 0 saturated carbocycles. The first-order valence-electron chi connectivity index (χ1n) is 5.78. The van der Waals surface area contributed by atoms with Crippen LogP contribution in [-0.2, 0) is 0 Å². The molecule has 5 nitrogen and oxygen atoms in total. The van der Waals surface area contributed by atoms with Crippen molar-refractivity contribution in [2.75, 3.05) is 19.5 Å². The average Bonchev–Trinajstić information content (AvgIpc) is 2.47. The Labute approximate surface area is 121 Å². The first kappa shape index (κ1) is 14.1. The molecule has 1 N–H and O–H groups in total. The highest BCUT2D eigenvalue weighted by Crippen LogP contribution is 2.29. The lowest BCUT2D eigenvalue weighted by molar-refractivity contribution is 0.102. The van der Waals surface area contributed by atoms with Crippen LogP contribution >= 0.6 is 11.6 Å². The number of aromatic nitrogens is 1. The van der Waals surface area contributed by atoms with Crippen molar-refractivity contribution in [3.63, 3.8) is 0 Å². The first-order chi connectivity index (χ1) is 9.65. The molecule has 6 heteroatoms. The number of rotatable bonds is 4. The Morgan fingerprint density at radius 3 is 2.70 bits per heavy atom. The van der Waals surface area contributed by atoms with Crippen molar-refractivity contribution in [1.29, 1.82) is 0 Å². The Balaban J connectivity index is 2.29. The minimum absolute atomic E-state index is 0.284. The summed E-state index contributed by atoms with van der Waals surface area (Å²) in [5.74, 6) is 0.801. The fourth-order valence-corrected chi connectivity index (χ4v) is 1.87. The van der Waals surface area contributed by atoms with Gasteiger partial charge in [-0.15, -0.1) is 0 Å². The molecule has 0 saturated heterocycles. The van der Waals surface area contributed by atoms with Gasteiger partial charge in [-0.1, -0.05) is 11.6 Å². The largest absolute Gasteiger partial charge is 0.497 e. The van der Waals surface area contributed by atoms with Crippen molar-refractivity contribution < 1.29 is 14.3 Å². The minimum Gasteiger partial charge on any atom is -0.497 e. The van der Waals surface area contributed by atoms with Crippen molar-refractivity contribution in [3.05, 3.63) is 47.2 Å². The molecule has 1 heterocycles. The van der Waals surface area contributed by atoms with Crippen molar-refractivity contribution in [2.24, 2.45) is 0 Å². The monoisotopic (exact) mass is 292 g/mol. The van der Waals surface area contributed by atoms with Crippen LogP contribution in [0.3, 0.4) is 0 Å². The summed E-state index contributed by atoms with van der Waals surface area (Å²) in [4.78, 5) is 16.0. The van der Waals surface area contributed by atoms with Crippen LogP contribution in [0.5, 0.6) is 11.5 Å². The summed E-state index contributed by atoms with van der Waals surface area (Å²) >= 11 is 5.94. The standard InChI is InChI=1S/C14H13ClN2O3/c1-19-9-3-4-13(20-2)12(7-9)17-14(18)10-5-6-16-8-11(10)15/h3-8H,1-2H3,(H,17,18). The fraction of sp³-hybridized carbons (Fsp3) is 0.143. The topological polar surface area (TPSA) is 60.5 Å². The maximum absolute atomic E-state index is 12.2. The second-order valence-corrected chi connectivity index (χ2v) is 4.28. The summed E-state index contributed by atoms with van der Waals surface area (Å²) in [5.41, 5.74) is 0.844. The Kier molecular flexibility index (Phi) is 4.42. The number of methoxy groups -OCH3 is 2. The van der Waals surface area contributed by atoms with Crippen LogP contribution in [0.2, 0.25) is 5.02 Å². The van der Waals surface area contributed by atoms with Gasteiger partial charge in [0, 0.05) is 18.5 Å². The maximum Gasteiger partial charge on any atom is 0.257 e. The zero-order valence-corrected chi connectivity index (χ0v) is 11.8. The third kappa shape index (κ3) is 3.00. The third-order valence-corrected chi connectivity index (χ3v) is 2.97. The number of ether oxygens (including phenoxy) is 2. The minimum atomic E-state index is -0.344. The molecular weight excluding hydrogens is 280 g/mol. The third-order valence-electron chi connectivity index (χ3n) is 2.67. The molecule has 0 aliphatic heterocycles. The van der Waals surface area contributed by atoms with Gasteiger partial charge in [-0.2, -0.15) is 0 Å². The highest BCUT2D eigenvalue weighted by atomic mass is 35.5. The second kappa shape index (κ2) is 6.25. The molecule has 104 valence electrons. The predicted molar refractivity (Wildman–Crippen MR) is 76.7 cm³/mol. The molecule has 20 heavy (non-hydrogen) atoms. The number of nitrogens with one attached hydrogen (secondary N) is 1. The van der Waals surface area contributed by atoms with Gasteiger partial charge in [0.25, 0.3) is 5.91 Å². The van der Waals surface area contributed by atoms with E-state index in [1.807, 2.05) is 0 Å². The van der Waals surface area contributed by atoms with E-state index in [2.05, 4.69) is 10.3 Å². The van der Waals surface area contributed by atoms with E-state index >= 15 is 0 Å². The van der Waals surface area contributed by atoms with Crippen molar-refractivity contribution >= 4 is 23.2 Å². The summed E-state index contributed by atoms with van der Waals surface area (Å²) in [6.45, 7) is 0. The molecule has 2 rings (SSSR count). The van der Waals surface area contributed by atoms with Crippen LogP contribution in [0.1, 0.15) is 10.4 Å². The number of nitrogens with zero attached hydrogens (tertiary/aromatic N) is 1. The van der Waals surface area contributed by atoms with E-state index in [-0.39, 0.29) is 10.9 Å². The van der Waals surface area contributed by atoms with Gasteiger partial charge in [0.1, 0.15) is 11.5 Å². The Morgan fingerprint density at radius 1 is 1.25 bits per heavy atom. The van der Waals surface area contributed by atoms with Gasteiger partial charge in [-0.05, 0) is 18.2 Å². The number of benzene rings is 1. The van der Waals surface area contributed by atoms with Crippen LogP contribution in [-0.4, -0.2) is 25.1 Å². The Morgan fingerprint density at radius 2 is 2.05 bits per heavy atom. The highest BCUT2D eigenvalue weighted by molar-refractivity contribution is 6.34. The molecule has 0 aliphatic rings. The number of halogens is 1. The molecule has 2 aromatic rings. The van der Waals surface area contributed by atoms with Crippen LogP contribution in [0, 0.1) is 0 Å². The lowest BCUT2D eigenvalue weighted by Gasteiger charge is -2.12. The smallest absolute Gasteiger partial charge is 0.257 e. The quantitative estimate of drug-likeness (QED) is 0.941. The van der Waals surface area contributed by atoms with Crippen LogP contribution in [0.15, 0.2) is 36.7 Å². The number of hydrogen-bond donors (Lipinski definition) is 1. The average molecular weight is 293 g/mol. The van der Waals surface area contributed by atoms with Crippen molar-refractivity contribution in [2.45, 2.75) is 0 Å². The maximum atomic E-state index is 12.2. The second-order valence-electron chi connectivity index (χ2n) is 3.88. The van der Waals surface area contributed by atoms with Crippen LogP contribution in [0.4, 0.5) is 5.69 Å². The SMILES string of the molecule is COc1ccc(OC)c(NC(=O)c2ccncc2Cl)c1. The first-order valence-corrected chi connectivity index (χ1v) is 6.16.